The first-order valence-corrected chi connectivity index (χ1v) is 6.32. The number of benzene rings is 2. The van der Waals surface area contributed by atoms with Crippen LogP contribution < -0.4 is 0 Å². The maximum absolute atomic E-state index is 12.1. The second kappa shape index (κ2) is 4.81. The molecule has 0 fully saturated rings. The Morgan fingerprint density at radius 2 is 1.40 bits per heavy atom. The van der Waals surface area contributed by atoms with Gasteiger partial charge < -0.3 is 0 Å². The summed E-state index contributed by atoms with van der Waals surface area (Å²) in [6.07, 6.45) is 0. The molecular formula is C16H12N2O2. The molecule has 20 heavy (non-hydrogen) atoms. The van der Waals surface area contributed by atoms with Crippen LogP contribution in [-0.2, 0) is 0 Å². The molecule has 0 radical (unpaired) electrons. The van der Waals surface area contributed by atoms with Crippen LogP contribution in [0.4, 0.5) is 5.69 Å². The highest BCUT2D eigenvalue weighted by atomic mass is 16.2. The van der Waals surface area contributed by atoms with E-state index < -0.39 is 6.04 Å². The molecule has 0 aliphatic heterocycles. The number of hydrogen-bond donors (Lipinski definition) is 0. The van der Waals surface area contributed by atoms with Gasteiger partial charge in [-0.15, -0.1) is 0 Å². The first-order chi connectivity index (χ1) is 9.66. The Balaban J connectivity index is 1.88. The molecule has 0 saturated heterocycles. The highest BCUT2D eigenvalue weighted by molar-refractivity contribution is 6.29. The van der Waals surface area contributed by atoms with Crippen LogP contribution in [0.3, 0.4) is 0 Å². The molecule has 98 valence electrons. The van der Waals surface area contributed by atoms with Crippen LogP contribution in [0.5, 0.6) is 0 Å². The minimum absolute atomic E-state index is 0.276. The Bertz CT molecular complexity index is 683. The number of fused-ring (bicyclic) bond motifs is 1. The molecule has 0 bridgehead atoms. The average Bonchev–Trinajstić information content (AvgIpc) is 2.71. The van der Waals surface area contributed by atoms with Crippen molar-refractivity contribution in [3.8, 4) is 0 Å². The van der Waals surface area contributed by atoms with Gasteiger partial charge in [0.25, 0.3) is 0 Å². The van der Waals surface area contributed by atoms with Gasteiger partial charge >= 0.3 is 0 Å². The van der Waals surface area contributed by atoms with Gasteiger partial charge in [0.05, 0.1) is 5.69 Å². The maximum Gasteiger partial charge on any atom is 0.197 e. The SMILES string of the molecule is Cc1ccc(N=NC2C(=O)c3ccccc3C2=O)cc1. The monoisotopic (exact) mass is 264 g/mol. The van der Waals surface area contributed by atoms with E-state index in [1.165, 1.54) is 0 Å². The van der Waals surface area contributed by atoms with Crippen LogP contribution in [0.2, 0.25) is 0 Å². The molecule has 4 heteroatoms. The molecule has 2 aromatic rings. The Labute approximate surface area is 116 Å². The molecule has 0 aromatic heterocycles. The normalized spacial score (nSPS) is 15.1. The van der Waals surface area contributed by atoms with Gasteiger partial charge in [0.2, 0.25) is 0 Å². The fraction of sp³-hybridized carbons (Fsp3) is 0.125. The van der Waals surface area contributed by atoms with E-state index in [-0.39, 0.29) is 11.6 Å². The zero-order chi connectivity index (χ0) is 14.1. The van der Waals surface area contributed by atoms with Gasteiger partial charge in [0, 0.05) is 11.1 Å². The van der Waals surface area contributed by atoms with E-state index in [0.29, 0.717) is 16.8 Å². The molecule has 1 aliphatic carbocycles. The van der Waals surface area contributed by atoms with Crippen LogP contribution in [0, 0.1) is 6.92 Å². The standard InChI is InChI=1S/C16H12N2O2/c1-10-6-8-11(9-7-10)17-18-14-15(19)12-4-2-3-5-13(12)16(14)20/h2-9,14H,1H3. The topological polar surface area (TPSA) is 58.9 Å². The van der Waals surface area contributed by atoms with Gasteiger partial charge in [-0.05, 0) is 19.1 Å². The van der Waals surface area contributed by atoms with Crippen molar-refractivity contribution in [2.75, 3.05) is 0 Å². The van der Waals surface area contributed by atoms with Crippen molar-refractivity contribution in [3.63, 3.8) is 0 Å². The molecule has 0 saturated carbocycles. The van der Waals surface area contributed by atoms with Crippen LogP contribution >= 0.6 is 0 Å². The number of nitrogens with zero attached hydrogens (tertiary/aromatic N) is 2. The number of ketones is 2. The van der Waals surface area contributed by atoms with E-state index in [1.54, 1.807) is 36.4 Å². The first kappa shape index (κ1) is 12.4. The van der Waals surface area contributed by atoms with Crippen molar-refractivity contribution in [2.45, 2.75) is 13.0 Å². The Morgan fingerprint density at radius 3 is 1.95 bits per heavy atom. The minimum atomic E-state index is -1.03. The van der Waals surface area contributed by atoms with Gasteiger partial charge in [-0.3, -0.25) is 9.59 Å². The third-order valence-corrected chi connectivity index (χ3v) is 3.28. The largest absolute Gasteiger partial charge is 0.291 e. The lowest BCUT2D eigenvalue weighted by atomic mass is 10.1. The van der Waals surface area contributed by atoms with Gasteiger partial charge in [0.15, 0.2) is 17.6 Å². The number of aryl methyl sites for hydroxylation is 1. The Kier molecular flexibility index (Phi) is 2.99. The van der Waals surface area contributed by atoms with E-state index >= 15 is 0 Å². The molecule has 0 atom stereocenters. The summed E-state index contributed by atoms with van der Waals surface area (Å²) in [6, 6.07) is 13.2. The van der Waals surface area contributed by atoms with E-state index in [2.05, 4.69) is 10.2 Å². The average molecular weight is 264 g/mol. The Morgan fingerprint density at radius 1 is 0.850 bits per heavy atom. The smallest absolute Gasteiger partial charge is 0.197 e. The molecule has 1 aliphatic rings. The van der Waals surface area contributed by atoms with Crippen LogP contribution in [-0.4, -0.2) is 17.6 Å². The van der Waals surface area contributed by atoms with E-state index in [9.17, 15) is 9.59 Å². The molecule has 2 aromatic carbocycles. The summed E-state index contributed by atoms with van der Waals surface area (Å²) in [4.78, 5) is 24.2. The van der Waals surface area contributed by atoms with Crippen LogP contribution in [0.1, 0.15) is 26.3 Å². The zero-order valence-electron chi connectivity index (χ0n) is 10.9. The summed E-state index contributed by atoms with van der Waals surface area (Å²) in [5, 5.41) is 7.92. The number of rotatable bonds is 2. The minimum Gasteiger partial charge on any atom is -0.291 e. The van der Waals surface area contributed by atoms with Crippen molar-refractivity contribution in [1.82, 2.24) is 0 Å². The van der Waals surface area contributed by atoms with Crippen molar-refractivity contribution in [2.24, 2.45) is 10.2 Å². The van der Waals surface area contributed by atoms with Crippen LogP contribution in [0.15, 0.2) is 58.8 Å². The highest BCUT2D eigenvalue weighted by Crippen LogP contribution is 2.25. The number of carbonyl (C=O) groups is 2. The summed E-state index contributed by atoms with van der Waals surface area (Å²) in [7, 11) is 0. The lowest BCUT2D eigenvalue weighted by Gasteiger charge is -1.98. The van der Waals surface area contributed by atoms with E-state index in [1.807, 2.05) is 19.1 Å². The van der Waals surface area contributed by atoms with E-state index in [0.717, 1.165) is 5.56 Å². The van der Waals surface area contributed by atoms with Gasteiger partial charge in [0.1, 0.15) is 0 Å². The molecule has 3 rings (SSSR count). The fourth-order valence-electron chi connectivity index (χ4n) is 2.17. The van der Waals surface area contributed by atoms with Gasteiger partial charge in [-0.25, -0.2) is 0 Å². The summed E-state index contributed by atoms with van der Waals surface area (Å²) in [5.74, 6) is -0.553. The molecule has 0 unspecified atom stereocenters. The summed E-state index contributed by atoms with van der Waals surface area (Å²) >= 11 is 0. The van der Waals surface area contributed by atoms with Gasteiger partial charge in [-0.2, -0.15) is 10.2 Å². The summed E-state index contributed by atoms with van der Waals surface area (Å²) in [6.45, 7) is 1.97. The van der Waals surface area contributed by atoms with Crippen molar-refractivity contribution >= 4 is 17.3 Å². The number of hydrogen-bond acceptors (Lipinski definition) is 4. The summed E-state index contributed by atoms with van der Waals surface area (Å²) in [5.41, 5.74) is 2.62. The number of carbonyl (C=O) groups excluding carboxylic acids is 2. The maximum atomic E-state index is 12.1. The zero-order valence-corrected chi connectivity index (χ0v) is 10.9. The van der Waals surface area contributed by atoms with E-state index in [4.69, 9.17) is 0 Å². The first-order valence-electron chi connectivity index (χ1n) is 6.32. The van der Waals surface area contributed by atoms with Gasteiger partial charge in [-0.1, -0.05) is 42.0 Å². The molecule has 4 nitrogen and oxygen atoms in total. The second-order valence-electron chi connectivity index (χ2n) is 4.73. The molecule has 0 spiro atoms. The molecule has 0 N–H and O–H groups in total. The fourth-order valence-corrected chi connectivity index (χ4v) is 2.17. The van der Waals surface area contributed by atoms with Crippen LogP contribution in [0.25, 0.3) is 0 Å². The summed E-state index contributed by atoms with van der Waals surface area (Å²) < 4.78 is 0. The van der Waals surface area contributed by atoms with Crippen molar-refractivity contribution in [3.05, 3.63) is 65.2 Å². The van der Waals surface area contributed by atoms with Crippen molar-refractivity contribution < 1.29 is 9.59 Å². The van der Waals surface area contributed by atoms with Crippen molar-refractivity contribution in [1.29, 1.82) is 0 Å². The molecule has 0 amide bonds. The Hall–Kier alpha value is -2.62. The predicted octanol–water partition coefficient (Wildman–Crippen LogP) is 3.53. The molecule has 0 heterocycles. The third-order valence-electron chi connectivity index (χ3n) is 3.28. The lowest BCUT2D eigenvalue weighted by molar-refractivity contribution is 0.0891. The second-order valence-corrected chi connectivity index (χ2v) is 4.73. The lowest BCUT2D eigenvalue weighted by Crippen LogP contribution is -2.18. The number of azo groups is 1. The number of Topliss-reactive ketones (excluding diaryl/α,β-unsaturated/α-hetero) is 2. The third kappa shape index (κ3) is 2.05. The quantitative estimate of drug-likeness (QED) is 0.615. The highest BCUT2D eigenvalue weighted by Gasteiger charge is 2.38. The predicted molar refractivity (Wildman–Crippen MR) is 74.6 cm³/mol. The molecular weight excluding hydrogens is 252 g/mol.